The van der Waals surface area contributed by atoms with Crippen molar-refractivity contribution in [1.29, 1.82) is 0 Å². The summed E-state index contributed by atoms with van der Waals surface area (Å²) in [6.45, 7) is 3.78. The molecule has 1 spiro atoms. The molecule has 2 saturated heterocycles. The molecule has 0 radical (unpaired) electrons. The molecule has 2 heterocycles. The minimum Gasteiger partial charge on any atom is -0.348 e. The highest BCUT2D eigenvalue weighted by atomic mass is 16.7. The van der Waals surface area contributed by atoms with Gasteiger partial charge in [0.15, 0.2) is 5.79 Å². The van der Waals surface area contributed by atoms with Crippen LogP contribution >= 0.6 is 0 Å². The van der Waals surface area contributed by atoms with Crippen molar-refractivity contribution in [2.45, 2.75) is 31.5 Å². The number of hydrogen-bond donors (Lipinski definition) is 1. The molecule has 0 aromatic heterocycles. The number of hydrogen-bond acceptors (Lipinski definition) is 3. The molecule has 3 heteroatoms. The van der Waals surface area contributed by atoms with Crippen molar-refractivity contribution in [2.75, 3.05) is 26.3 Å². The summed E-state index contributed by atoms with van der Waals surface area (Å²) in [5.41, 5.74) is 0. The zero-order chi connectivity index (χ0) is 8.28. The highest BCUT2D eigenvalue weighted by Gasteiger charge is 2.35. The van der Waals surface area contributed by atoms with Gasteiger partial charge < -0.3 is 14.8 Å². The average molecular weight is 171 g/mol. The summed E-state index contributed by atoms with van der Waals surface area (Å²) in [5.74, 6) is -0.192. The first-order valence-electron chi connectivity index (χ1n) is 4.90. The van der Waals surface area contributed by atoms with Gasteiger partial charge in [0.2, 0.25) is 0 Å². The molecule has 3 nitrogen and oxygen atoms in total. The second-order valence-electron chi connectivity index (χ2n) is 3.56. The lowest BCUT2D eigenvalue weighted by atomic mass is 10.0. The van der Waals surface area contributed by atoms with Gasteiger partial charge in [-0.2, -0.15) is 0 Å². The van der Waals surface area contributed by atoms with E-state index in [2.05, 4.69) is 5.32 Å². The lowest BCUT2D eigenvalue weighted by molar-refractivity contribution is -0.169. The molecule has 0 bridgehead atoms. The van der Waals surface area contributed by atoms with Crippen LogP contribution in [0.2, 0.25) is 0 Å². The largest absolute Gasteiger partial charge is 0.348 e. The molecule has 0 amide bonds. The van der Waals surface area contributed by atoms with Gasteiger partial charge in [-0.05, 0) is 25.9 Å². The molecule has 1 N–H and O–H groups in total. The van der Waals surface area contributed by atoms with Gasteiger partial charge >= 0.3 is 0 Å². The second-order valence-corrected chi connectivity index (χ2v) is 3.56. The third-order valence-corrected chi connectivity index (χ3v) is 2.64. The van der Waals surface area contributed by atoms with E-state index in [4.69, 9.17) is 9.47 Å². The topological polar surface area (TPSA) is 30.5 Å². The van der Waals surface area contributed by atoms with Crippen LogP contribution in [0.25, 0.3) is 0 Å². The van der Waals surface area contributed by atoms with Gasteiger partial charge in [0.1, 0.15) is 0 Å². The summed E-state index contributed by atoms with van der Waals surface area (Å²) in [7, 11) is 0. The summed E-state index contributed by atoms with van der Waals surface area (Å²) >= 11 is 0. The van der Waals surface area contributed by atoms with E-state index in [1.165, 1.54) is 12.8 Å². The Morgan fingerprint density at radius 1 is 0.917 bits per heavy atom. The quantitative estimate of drug-likeness (QED) is 0.587. The molecule has 2 aliphatic rings. The van der Waals surface area contributed by atoms with E-state index in [1.807, 2.05) is 0 Å². The van der Waals surface area contributed by atoms with E-state index in [-0.39, 0.29) is 5.79 Å². The first kappa shape index (κ1) is 8.48. The first-order valence-corrected chi connectivity index (χ1v) is 4.90. The predicted octanol–water partition coefficient (Wildman–Crippen LogP) is 0.893. The third-order valence-electron chi connectivity index (χ3n) is 2.64. The molecule has 2 fully saturated rings. The molecule has 0 atom stereocenters. The predicted molar refractivity (Wildman–Crippen MR) is 46.0 cm³/mol. The molecule has 2 aliphatic heterocycles. The Bertz CT molecular complexity index is 133. The molecule has 0 unspecified atom stereocenters. The summed E-state index contributed by atoms with van der Waals surface area (Å²) in [5, 5.41) is 3.38. The van der Waals surface area contributed by atoms with E-state index < -0.39 is 0 Å². The fourth-order valence-corrected chi connectivity index (χ4v) is 2.00. The Labute approximate surface area is 73.4 Å². The van der Waals surface area contributed by atoms with Gasteiger partial charge in [-0.25, -0.2) is 0 Å². The highest BCUT2D eigenvalue weighted by molar-refractivity contribution is 4.77. The van der Waals surface area contributed by atoms with Crippen LogP contribution in [0.15, 0.2) is 0 Å². The van der Waals surface area contributed by atoms with Crippen LogP contribution in [0.1, 0.15) is 25.7 Å². The SMILES string of the molecule is C1CNCCCC2(C1)OCCO2. The van der Waals surface area contributed by atoms with Gasteiger partial charge in [0.25, 0.3) is 0 Å². The molecular weight excluding hydrogens is 154 g/mol. The normalized spacial score (nSPS) is 30.0. The van der Waals surface area contributed by atoms with Crippen LogP contribution in [0, 0.1) is 0 Å². The van der Waals surface area contributed by atoms with Gasteiger partial charge in [0.05, 0.1) is 13.2 Å². The Morgan fingerprint density at radius 2 is 1.50 bits per heavy atom. The minimum absolute atomic E-state index is 0.192. The fourth-order valence-electron chi connectivity index (χ4n) is 2.00. The van der Waals surface area contributed by atoms with Crippen LogP contribution in [-0.4, -0.2) is 32.1 Å². The van der Waals surface area contributed by atoms with Gasteiger partial charge in [-0.1, -0.05) is 0 Å². The molecule has 0 aromatic rings. The van der Waals surface area contributed by atoms with E-state index in [1.54, 1.807) is 0 Å². The van der Waals surface area contributed by atoms with Gasteiger partial charge in [0, 0.05) is 12.8 Å². The molecule has 2 rings (SSSR count). The maximum Gasteiger partial charge on any atom is 0.168 e. The van der Waals surface area contributed by atoms with E-state index in [0.717, 1.165) is 39.1 Å². The van der Waals surface area contributed by atoms with Crippen molar-refractivity contribution in [2.24, 2.45) is 0 Å². The van der Waals surface area contributed by atoms with Crippen molar-refractivity contribution >= 4 is 0 Å². The summed E-state index contributed by atoms with van der Waals surface area (Å²) in [6.07, 6.45) is 4.44. The molecule has 70 valence electrons. The molecule has 0 saturated carbocycles. The Balaban J connectivity index is 1.92. The zero-order valence-electron chi connectivity index (χ0n) is 7.47. The monoisotopic (exact) mass is 171 g/mol. The standard InChI is InChI=1S/C9H17NO2/c1-3-9(11-7-8-12-9)4-2-6-10-5-1/h10H,1-8H2. The lowest BCUT2D eigenvalue weighted by Gasteiger charge is -2.29. The first-order chi connectivity index (χ1) is 5.91. The maximum atomic E-state index is 5.67. The Hall–Kier alpha value is -0.120. The highest BCUT2D eigenvalue weighted by Crippen LogP contribution is 2.30. The number of ether oxygens (including phenoxy) is 2. The average Bonchev–Trinajstić information content (AvgIpc) is 2.47. The lowest BCUT2D eigenvalue weighted by Crippen LogP contribution is -2.35. The minimum atomic E-state index is -0.192. The van der Waals surface area contributed by atoms with Gasteiger partial charge in [-0.15, -0.1) is 0 Å². The second kappa shape index (κ2) is 3.73. The smallest absolute Gasteiger partial charge is 0.168 e. The Morgan fingerprint density at radius 3 is 2.08 bits per heavy atom. The van der Waals surface area contributed by atoms with Crippen molar-refractivity contribution in [3.05, 3.63) is 0 Å². The molecule has 0 aliphatic carbocycles. The van der Waals surface area contributed by atoms with Crippen molar-refractivity contribution in [1.82, 2.24) is 5.32 Å². The maximum absolute atomic E-state index is 5.67. The van der Waals surface area contributed by atoms with Crippen LogP contribution in [0.3, 0.4) is 0 Å². The van der Waals surface area contributed by atoms with Crippen LogP contribution < -0.4 is 5.32 Å². The molecular formula is C9H17NO2. The van der Waals surface area contributed by atoms with Gasteiger partial charge in [-0.3, -0.25) is 0 Å². The van der Waals surface area contributed by atoms with Crippen LogP contribution in [0.5, 0.6) is 0 Å². The third kappa shape index (κ3) is 1.79. The Kier molecular flexibility index (Phi) is 2.63. The van der Waals surface area contributed by atoms with E-state index in [0.29, 0.717) is 0 Å². The van der Waals surface area contributed by atoms with Crippen molar-refractivity contribution in [3.63, 3.8) is 0 Å². The fraction of sp³-hybridized carbons (Fsp3) is 1.00. The summed E-state index contributed by atoms with van der Waals surface area (Å²) < 4.78 is 11.3. The van der Waals surface area contributed by atoms with Crippen LogP contribution in [-0.2, 0) is 9.47 Å². The van der Waals surface area contributed by atoms with E-state index in [9.17, 15) is 0 Å². The zero-order valence-corrected chi connectivity index (χ0v) is 7.47. The summed E-state index contributed by atoms with van der Waals surface area (Å²) in [4.78, 5) is 0. The molecule has 0 aromatic carbocycles. The van der Waals surface area contributed by atoms with Crippen LogP contribution in [0.4, 0.5) is 0 Å². The van der Waals surface area contributed by atoms with E-state index >= 15 is 0 Å². The van der Waals surface area contributed by atoms with Crippen molar-refractivity contribution in [3.8, 4) is 0 Å². The number of nitrogens with one attached hydrogen (secondary N) is 1. The summed E-state index contributed by atoms with van der Waals surface area (Å²) in [6, 6.07) is 0. The molecule has 12 heavy (non-hydrogen) atoms. The van der Waals surface area contributed by atoms with Crippen molar-refractivity contribution < 1.29 is 9.47 Å². The number of rotatable bonds is 0.